The third kappa shape index (κ3) is 3.76. The van der Waals surface area contributed by atoms with Crippen molar-refractivity contribution >= 4 is 39.1 Å². The van der Waals surface area contributed by atoms with Gasteiger partial charge in [0.25, 0.3) is 0 Å². The molecule has 0 aliphatic heterocycles. The van der Waals surface area contributed by atoms with Crippen molar-refractivity contribution in [3.05, 3.63) is 65.0 Å². The first-order valence-electron chi connectivity index (χ1n) is 6.44. The number of nitrogens with one attached hydrogen (secondary N) is 2. The van der Waals surface area contributed by atoms with Crippen LogP contribution in [0.3, 0.4) is 0 Å². The average molecular weight is 360 g/mol. The van der Waals surface area contributed by atoms with E-state index in [9.17, 15) is 4.39 Å². The molecule has 0 radical (unpaired) electrons. The fourth-order valence-electron chi connectivity index (χ4n) is 1.79. The van der Waals surface area contributed by atoms with Crippen molar-refractivity contribution in [2.75, 3.05) is 10.6 Å². The van der Waals surface area contributed by atoms with Crippen molar-refractivity contribution in [1.29, 1.82) is 0 Å². The SMILES string of the molecule is Fc1ccc(Nc2nncc(Nc3cccc(Br)c3)n2)cc1. The standard InChI is InChI=1S/C15H11BrFN5/c16-10-2-1-3-13(8-10)19-14-9-18-22-15(21-14)20-12-6-4-11(17)5-7-12/h1-9H,(H2,19,20,21,22). The van der Waals surface area contributed by atoms with Crippen LogP contribution in [0.15, 0.2) is 59.2 Å². The molecule has 0 amide bonds. The Hall–Kier alpha value is -2.54. The van der Waals surface area contributed by atoms with Gasteiger partial charge in [-0.15, -0.1) is 5.10 Å². The summed E-state index contributed by atoms with van der Waals surface area (Å²) in [6, 6.07) is 13.6. The maximum Gasteiger partial charge on any atom is 0.249 e. The summed E-state index contributed by atoms with van der Waals surface area (Å²) in [5, 5.41) is 13.9. The molecule has 3 aromatic rings. The van der Waals surface area contributed by atoms with Gasteiger partial charge in [0.2, 0.25) is 5.95 Å². The molecule has 3 rings (SSSR count). The number of hydrogen-bond acceptors (Lipinski definition) is 5. The summed E-state index contributed by atoms with van der Waals surface area (Å²) in [5.41, 5.74) is 1.56. The Morgan fingerprint density at radius 1 is 0.955 bits per heavy atom. The van der Waals surface area contributed by atoms with Gasteiger partial charge in [0.05, 0.1) is 6.20 Å². The molecule has 0 unspecified atom stereocenters. The third-order valence-corrected chi connectivity index (χ3v) is 3.25. The van der Waals surface area contributed by atoms with Crippen molar-refractivity contribution in [3.8, 4) is 0 Å². The number of nitrogens with zero attached hydrogens (tertiary/aromatic N) is 3. The Morgan fingerprint density at radius 2 is 1.77 bits per heavy atom. The minimum absolute atomic E-state index is 0.297. The molecule has 0 spiro atoms. The molecule has 0 saturated heterocycles. The van der Waals surface area contributed by atoms with E-state index in [2.05, 4.69) is 41.7 Å². The van der Waals surface area contributed by atoms with Crippen molar-refractivity contribution in [3.63, 3.8) is 0 Å². The van der Waals surface area contributed by atoms with E-state index in [1.54, 1.807) is 12.1 Å². The van der Waals surface area contributed by atoms with Crippen LogP contribution >= 0.6 is 15.9 Å². The number of hydrogen-bond donors (Lipinski definition) is 2. The molecule has 2 N–H and O–H groups in total. The second-order valence-electron chi connectivity index (χ2n) is 4.43. The van der Waals surface area contributed by atoms with Gasteiger partial charge in [-0.1, -0.05) is 22.0 Å². The van der Waals surface area contributed by atoms with Crippen LogP contribution in [0.1, 0.15) is 0 Å². The highest BCUT2D eigenvalue weighted by molar-refractivity contribution is 9.10. The van der Waals surface area contributed by atoms with Gasteiger partial charge in [-0.3, -0.25) is 0 Å². The monoisotopic (exact) mass is 359 g/mol. The summed E-state index contributed by atoms with van der Waals surface area (Å²) in [4.78, 5) is 4.31. The molecule has 0 aliphatic carbocycles. The van der Waals surface area contributed by atoms with Crippen LogP contribution in [-0.4, -0.2) is 15.2 Å². The van der Waals surface area contributed by atoms with Gasteiger partial charge in [0, 0.05) is 15.8 Å². The predicted octanol–water partition coefficient (Wildman–Crippen LogP) is 4.26. The topological polar surface area (TPSA) is 62.7 Å². The molecule has 1 heterocycles. The zero-order valence-electron chi connectivity index (χ0n) is 11.3. The highest BCUT2D eigenvalue weighted by atomic mass is 79.9. The lowest BCUT2D eigenvalue weighted by atomic mass is 10.3. The normalized spacial score (nSPS) is 10.3. The Bertz CT molecular complexity index is 779. The van der Waals surface area contributed by atoms with Crippen molar-refractivity contribution in [2.24, 2.45) is 0 Å². The average Bonchev–Trinajstić information content (AvgIpc) is 2.50. The number of anilines is 4. The summed E-state index contributed by atoms with van der Waals surface area (Å²) in [6.07, 6.45) is 1.52. The van der Waals surface area contributed by atoms with Crippen LogP contribution in [0.25, 0.3) is 0 Å². The molecule has 22 heavy (non-hydrogen) atoms. The summed E-state index contributed by atoms with van der Waals surface area (Å²) in [6.45, 7) is 0. The lowest BCUT2D eigenvalue weighted by Gasteiger charge is -2.08. The lowest BCUT2D eigenvalue weighted by Crippen LogP contribution is -2.02. The molecule has 0 aliphatic rings. The summed E-state index contributed by atoms with van der Waals surface area (Å²) >= 11 is 3.41. The minimum Gasteiger partial charge on any atom is -0.339 e. The quantitative estimate of drug-likeness (QED) is 0.728. The van der Waals surface area contributed by atoms with Gasteiger partial charge < -0.3 is 10.6 Å². The van der Waals surface area contributed by atoms with Crippen molar-refractivity contribution in [2.45, 2.75) is 0 Å². The zero-order valence-corrected chi connectivity index (χ0v) is 12.9. The highest BCUT2D eigenvalue weighted by Gasteiger charge is 2.02. The van der Waals surface area contributed by atoms with Gasteiger partial charge in [-0.05, 0) is 42.5 Å². The van der Waals surface area contributed by atoms with E-state index in [4.69, 9.17) is 0 Å². The number of benzene rings is 2. The van der Waals surface area contributed by atoms with Crippen LogP contribution in [-0.2, 0) is 0 Å². The van der Waals surface area contributed by atoms with Crippen LogP contribution < -0.4 is 10.6 Å². The van der Waals surface area contributed by atoms with E-state index in [-0.39, 0.29) is 5.82 Å². The fourth-order valence-corrected chi connectivity index (χ4v) is 2.19. The molecule has 0 atom stereocenters. The van der Waals surface area contributed by atoms with E-state index in [1.165, 1.54) is 18.3 Å². The van der Waals surface area contributed by atoms with Gasteiger partial charge in [-0.2, -0.15) is 10.1 Å². The lowest BCUT2D eigenvalue weighted by molar-refractivity contribution is 0.628. The summed E-state index contributed by atoms with van der Waals surface area (Å²) in [5.74, 6) is 0.582. The second-order valence-corrected chi connectivity index (χ2v) is 5.35. The minimum atomic E-state index is -0.297. The van der Waals surface area contributed by atoms with E-state index < -0.39 is 0 Å². The first-order valence-corrected chi connectivity index (χ1v) is 7.23. The number of rotatable bonds is 4. The third-order valence-electron chi connectivity index (χ3n) is 2.76. The smallest absolute Gasteiger partial charge is 0.249 e. The van der Waals surface area contributed by atoms with Crippen LogP contribution in [0, 0.1) is 5.82 Å². The second kappa shape index (κ2) is 6.48. The van der Waals surface area contributed by atoms with E-state index in [0.717, 1.165) is 10.2 Å². The number of aromatic nitrogens is 3. The van der Waals surface area contributed by atoms with Gasteiger partial charge >= 0.3 is 0 Å². The predicted molar refractivity (Wildman–Crippen MR) is 86.9 cm³/mol. The molecule has 110 valence electrons. The largest absolute Gasteiger partial charge is 0.339 e. The molecule has 2 aromatic carbocycles. The molecule has 0 fully saturated rings. The van der Waals surface area contributed by atoms with E-state index in [1.807, 2.05) is 24.3 Å². The van der Waals surface area contributed by atoms with Crippen molar-refractivity contribution < 1.29 is 4.39 Å². The number of halogens is 2. The first kappa shape index (κ1) is 14.4. The summed E-state index contributed by atoms with van der Waals surface area (Å²) < 4.78 is 13.8. The Morgan fingerprint density at radius 3 is 2.55 bits per heavy atom. The Kier molecular flexibility index (Phi) is 4.24. The molecule has 5 nitrogen and oxygen atoms in total. The molecular weight excluding hydrogens is 349 g/mol. The van der Waals surface area contributed by atoms with E-state index >= 15 is 0 Å². The van der Waals surface area contributed by atoms with Gasteiger partial charge in [0.15, 0.2) is 5.82 Å². The fraction of sp³-hybridized carbons (Fsp3) is 0. The van der Waals surface area contributed by atoms with Gasteiger partial charge in [-0.25, -0.2) is 4.39 Å². The van der Waals surface area contributed by atoms with Gasteiger partial charge in [0.1, 0.15) is 5.82 Å². The molecule has 0 bridgehead atoms. The van der Waals surface area contributed by atoms with E-state index in [0.29, 0.717) is 17.5 Å². The molecule has 0 saturated carbocycles. The molecule has 1 aromatic heterocycles. The Balaban J connectivity index is 1.76. The zero-order chi connectivity index (χ0) is 15.4. The van der Waals surface area contributed by atoms with Crippen molar-refractivity contribution in [1.82, 2.24) is 15.2 Å². The van der Waals surface area contributed by atoms with Crippen LogP contribution in [0.5, 0.6) is 0 Å². The first-order chi connectivity index (χ1) is 10.7. The molecular formula is C15H11BrFN5. The van der Waals surface area contributed by atoms with Crippen LogP contribution in [0.2, 0.25) is 0 Å². The maximum absolute atomic E-state index is 12.9. The highest BCUT2D eigenvalue weighted by Crippen LogP contribution is 2.20. The molecule has 7 heteroatoms. The Labute approximate surface area is 134 Å². The van der Waals surface area contributed by atoms with Crippen LogP contribution in [0.4, 0.5) is 27.5 Å². The summed E-state index contributed by atoms with van der Waals surface area (Å²) in [7, 11) is 0. The maximum atomic E-state index is 12.9.